The van der Waals surface area contributed by atoms with Crippen molar-refractivity contribution in [3.63, 3.8) is 0 Å². The number of ether oxygens (including phenoxy) is 2. The van der Waals surface area contributed by atoms with E-state index < -0.39 is 5.97 Å². The first-order valence-corrected chi connectivity index (χ1v) is 5.65. The summed E-state index contributed by atoms with van der Waals surface area (Å²) in [5.41, 5.74) is 1.87. The molecule has 5 nitrogen and oxygen atoms in total. The number of carboxylic acids is 1. The lowest BCUT2D eigenvalue weighted by atomic mass is 9.98. The lowest BCUT2D eigenvalue weighted by molar-refractivity contribution is -0.137. The molecule has 0 heterocycles. The number of carboxylic acid groups (broad SMARTS) is 1. The van der Waals surface area contributed by atoms with Crippen LogP contribution in [0.25, 0.3) is 0 Å². The fourth-order valence-electron chi connectivity index (χ4n) is 1.91. The minimum atomic E-state index is -0.844. The Kier molecular flexibility index (Phi) is 4.97. The molecular formula is C13H19NO4. The number of rotatable bonds is 6. The van der Waals surface area contributed by atoms with E-state index in [0.717, 1.165) is 11.1 Å². The summed E-state index contributed by atoms with van der Waals surface area (Å²) in [4.78, 5) is 10.8. The number of hydrogen-bond donors (Lipinski definition) is 2. The third kappa shape index (κ3) is 3.13. The van der Waals surface area contributed by atoms with Gasteiger partial charge in [0, 0.05) is 6.04 Å². The fourth-order valence-corrected chi connectivity index (χ4v) is 1.91. The van der Waals surface area contributed by atoms with Crippen LogP contribution in [0.15, 0.2) is 12.1 Å². The highest BCUT2D eigenvalue weighted by Gasteiger charge is 2.18. The zero-order chi connectivity index (χ0) is 13.7. The van der Waals surface area contributed by atoms with E-state index in [1.54, 1.807) is 21.3 Å². The Balaban J connectivity index is 3.18. The van der Waals surface area contributed by atoms with Crippen molar-refractivity contribution in [1.29, 1.82) is 0 Å². The lowest BCUT2D eigenvalue weighted by Gasteiger charge is -2.19. The monoisotopic (exact) mass is 253 g/mol. The van der Waals surface area contributed by atoms with Crippen LogP contribution in [0.1, 0.15) is 23.6 Å². The molecule has 0 amide bonds. The first kappa shape index (κ1) is 14.3. The number of nitrogens with one attached hydrogen (secondary N) is 1. The average Bonchev–Trinajstić information content (AvgIpc) is 2.35. The van der Waals surface area contributed by atoms with Crippen molar-refractivity contribution in [2.75, 3.05) is 21.3 Å². The maximum Gasteiger partial charge on any atom is 0.305 e. The molecular weight excluding hydrogens is 234 g/mol. The minimum absolute atomic E-state index is 0.0207. The molecule has 1 aromatic carbocycles. The van der Waals surface area contributed by atoms with Gasteiger partial charge in [-0.3, -0.25) is 4.79 Å². The Morgan fingerprint density at radius 3 is 2.33 bits per heavy atom. The maximum absolute atomic E-state index is 10.8. The second-order valence-corrected chi connectivity index (χ2v) is 4.00. The molecule has 0 aliphatic carbocycles. The Bertz CT molecular complexity index is 431. The lowest BCUT2D eigenvalue weighted by Crippen LogP contribution is -2.20. The van der Waals surface area contributed by atoms with E-state index >= 15 is 0 Å². The molecule has 1 atom stereocenters. The molecule has 18 heavy (non-hydrogen) atoms. The van der Waals surface area contributed by atoms with E-state index in [9.17, 15) is 4.79 Å². The average molecular weight is 253 g/mol. The van der Waals surface area contributed by atoms with Gasteiger partial charge in [0.2, 0.25) is 0 Å². The van der Waals surface area contributed by atoms with Crippen LogP contribution in [0.3, 0.4) is 0 Å². The molecule has 1 rings (SSSR count). The standard InChI is InChI=1S/C13H19NO4/c1-8-5-11(17-3)12(18-4)6-9(8)10(14-2)7-13(15)16/h5-6,10,14H,7H2,1-4H3,(H,15,16). The second-order valence-electron chi connectivity index (χ2n) is 4.00. The molecule has 0 aliphatic rings. The van der Waals surface area contributed by atoms with Gasteiger partial charge in [-0.2, -0.15) is 0 Å². The van der Waals surface area contributed by atoms with Gasteiger partial charge in [-0.25, -0.2) is 0 Å². The number of benzene rings is 1. The Labute approximate surface area is 107 Å². The van der Waals surface area contributed by atoms with Gasteiger partial charge in [0.25, 0.3) is 0 Å². The summed E-state index contributed by atoms with van der Waals surface area (Å²) >= 11 is 0. The molecule has 1 aromatic rings. The Morgan fingerprint density at radius 2 is 1.89 bits per heavy atom. The molecule has 0 bridgehead atoms. The smallest absolute Gasteiger partial charge is 0.305 e. The molecule has 0 radical (unpaired) electrons. The van der Waals surface area contributed by atoms with Crippen LogP contribution in [0.4, 0.5) is 0 Å². The summed E-state index contributed by atoms with van der Waals surface area (Å²) in [6.07, 6.45) is 0.0207. The van der Waals surface area contributed by atoms with Crippen LogP contribution >= 0.6 is 0 Å². The number of hydrogen-bond acceptors (Lipinski definition) is 4. The quantitative estimate of drug-likeness (QED) is 0.808. The van der Waals surface area contributed by atoms with Crippen LogP contribution in [0.5, 0.6) is 11.5 Å². The van der Waals surface area contributed by atoms with Gasteiger partial charge in [0.1, 0.15) is 0 Å². The summed E-state index contributed by atoms with van der Waals surface area (Å²) in [5.74, 6) is 0.399. The van der Waals surface area contributed by atoms with E-state index in [2.05, 4.69) is 5.32 Å². The molecule has 100 valence electrons. The molecule has 0 saturated carbocycles. The molecule has 0 spiro atoms. The van der Waals surface area contributed by atoms with Gasteiger partial charge in [0.15, 0.2) is 11.5 Å². The van der Waals surface area contributed by atoms with Crippen molar-refractivity contribution in [3.8, 4) is 11.5 Å². The minimum Gasteiger partial charge on any atom is -0.493 e. The van der Waals surface area contributed by atoms with Gasteiger partial charge in [0.05, 0.1) is 20.6 Å². The van der Waals surface area contributed by atoms with Gasteiger partial charge in [-0.1, -0.05) is 0 Å². The van der Waals surface area contributed by atoms with E-state index in [1.165, 1.54) is 0 Å². The van der Waals surface area contributed by atoms with Crippen molar-refractivity contribution in [2.45, 2.75) is 19.4 Å². The SMILES string of the molecule is CNC(CC(=O)O)c1cc(OC)c(OC)cc1C. The zero-order valence-corrected chi connectivity index (χ0v) is 11.1. The molecule has 0 aromatic heterocycles. The van der Waals surface area contributed by atoms with Gasteiger partial charge >= 0.3 is 5.97 Å². The normalized spacial score (nSPS) is 12.0. The summed E-state index contributed by atoms with van der Waals surface area (Å²) in [6, 6.07) is 3.42. The highest BCUT2D eigenvalue weighted by Crippen LogP contribution is 2.33. The van der Waals surface area contributed by atoms with Crippen LogP contribution in [-0.4, -0.2) is 32.3 Å². The van der Waals surface area contributed by atoms with Crippen molar-refractivity contribution >= 4 is 5.97 Å². The van der Waals surface area contributed by atoms with Gasteiger partial charge < -0.3 is 19.9 Å². The van der Waals surface area contributed by atoms with Gasteiger partial charge in [-0.05, 0) is 37.2 Å². The third-order valence-electron chi connectivity index (χ3n) is 2.87. The molecule has 2 N–H and O–H groups in total. The van der Waals surface area contributed by atoms with Crippen LogP contribution in [-0.2, 0) is 4.79 Å². The fraction of sp³-hybridized carbons (Fsp3) is 0.462. The molecule has 5 heteroatoms. The largest absolute Gasteiger partial charge is 0.493 e. The number of carbonyl (C=O) groups is 1. The van der Waals surface area contributed by atoms with Gasteiger partial charge in [-0.15, -0.1) is 0 Å². The highest BCUT2D eigenvalue weighted by atomic mass is 16.5. The highest BCUT2D eigenvalue weighted by molar-refractivity contribution is 5.68. The summed E-state index contributed by atoms with van der Waals surface area (Å²) in [5, 5.41) is 11.9. The zero-order valence-electron chi connectivity index (χ0n) is 11.1. The van der Waals surface area contributed by atoms with Crippen LogP contribution in [0, 0.1) is 6.92 Å². The number of methoxy groups -OCH3 is 2. The van der Waals surface area contributed by atoms with E-state index in [1.807, 2.05) is 19.1 Å². The first-order chi connectivity index (χ1) is 8.53. The Hall–Kier alpha value is -1.75. The summed E-state index contributed by atoms with van der Waals surface area (Å²) in [7, 11) is 4.87. The Morgan fingerprint density at radius 1 is 1.33 bits per heavy atom. The molecule has 0 saturated heterocycles. The third-order valence-corrected chi connectivity index (χ3v) is 2.87. The molecule has 0 aliphatic heterocycles. The number of aliphatic carboxylic acids is 1. The van der Waals surface area contributed by atoms with E-state index in [0.29, 0.717) is 11.5 Å². The van der Waals surface area contributed by atoms with E-state index in [4.69, 9.17) is 14.6 Å². The maximum atomic E-state index is 10.8. The summed E-state index contributed by atoms with van der Waals surface area (Å²) < 4.78 is 10.4. The first-order valence-electron chi connectivity index (χ1n) is 5.65. The predicted octanol–water partition coefficient (Wildman–Crippen LogP) is 1.75. The predicted molar refractivity (Wildman–Crippen MR) is 68.3 cm³/mol. The van der Waals surface area contributed by atoms with E-state index in [-0.39, 0.29) is 12.5 Å². The van der Waals surface area contributed by atoms with Crippen molar-refractivity contribution in [1.82, 2.24) is 5.32 Å². The second kappa shape index (κ2) is 6.26. The van der Waals surface area contributed by atoms with Crippen molar-refractivity contribution in [3.05, 3.63) is 23.3 Å². The topological polar surface area (TPSA) is 67.8 Å². The van der Waals surface area contributed by atoms with Crippen molar-refractivity contribution in [2.24, 2.45) is 0 Å². The molecule has 1 unspecified atom stereocenters. The summed E-state index contributed by atoms with van der Waals surface area (Å²) in [6.45, 7) is 1.92. The van der Waals surface area contributed by atoms with Crippen molar-refractivity contribution < 1.29 is 19.4 Å². The molecule has 0 fully saturated rings. The van der Waals surface area contributed by atoms with Crippen LogP contribution < -0.4 is 14.8 Å². The number of aryl methyl sites for hydroxylation is 1. The van der Waals surface area contributed by atoms with Crippen LogP contribution in [0.2, 0.25) is 0 Å².